The maximum atomic E-state index is 4.39. The van der Waals surface area contributed by atoms with Crippen LogP contribution in [0.15, 0.2) is 12.2 Å². The van der Waals surface area contributed by atoms with E-state index in [9.17, 15) is 0 Å². The van der Waals surface area contributed by atoms with Crippen molar-refractivity contribution in [2.45, 2.75) is 33.7 Å². The Morgan fingerprint density at radius 1 is 1.00 bits per heavy atom. The Hall–Kier alpha value is -1.38. The number of aromatic nitrogens is 3. The molecule has 0 fully saturated rings. The van der Waals surface area contributed by atoms with Crippen molar-refractivity contribution in [2.24, 2.45) is 0 Å². The van der Waals surface area contributed by atoms with E-state index in [1.807, 2.05) is 38.2 Å². The summed E-state index contributed by atoms with van der Waals surface area (Å²) in [6.45, 7) is 8.10. The zero-order chi connectivity index (χ0) is 10.6. The van der Waals surface area contributed by atoms with E-state index in [1.165, 1.54) is 0 Å². The van der Waals surface area contributed by atoms with Crippen LogP contribution in [0, 0.1) is 0 Å². The molecule has 1 rings (SSSR count). The molecule has 14 heavy (non-hydrogen) atoms. The van der Waals surface area contributed by atoms with Crippen molar-refractivity contribution in [3.8, 4) is 0 Å². The van der Waals surface area contributed by atoms with E-state index >= 15 is 0 Å². The Kier molecular flexibility index (Phi) is 3.63. The molecule has 0 aliphatic rings. The minimum absolute atomic E-state index is 0.304. The average molecular weight is 191 g/mol. The molecule has 0 saturated heterocycles. The van der Waals surface area contributed by atoms with E-state index < -0.39 is 0 Å². The third kappa shape index (κ3) is 2.31. The molecule has 1 aromatic heterocycles. The monoisotopic (exact) mass is 191 g/mol. The Morgan fingerprint density at radius 2 is 1.43 bits per heavy atom. The Bertz CT molecular complexity index is 316. The predicted octanol–water partition coefficient (Wildman–Crippen LogP) is 2.93. The van der Waals surface area contributed by atoms with Gasteiger partial charge in [-0.1, -0.05) is 12.2 Å². The molecule has 1 heterocycles. The van der Waals surface area contributed by atoms with E-state index in [-0.39, 0.29) is 0 Å². The topological polar surface area (TPSA) is 30.7 Å². The lowest BCUT2D eigenvalue weighted by Gasteiger charge is -2.00. The summed E-state index contributed by atoms with van der Waals surface area (Å²) in [6, 6.07) is 0.304. The van der Waals surface area contributed by atoms with Gasteiger partial charge in [0.15, 0.2) is 0 Å². The molecule has 0 atom stereocenters. The Labute approximate surface area is 85.1 Å². The van der Waals surface area contributed by atoms with Crippen LogP contribution in [0.3, 0.4) is 0 Å². The molecule has 0 amide bonds. The van der Waals surface area contributed by atoms with Gasteiger partial charge >= 0.3 is 0 Å². The number of nitrogens with zero attached hydrogens (tertiary/aromatic N) is 3. The molecule has 3 nitrogen and oxygen atoms in total. The van der Waals surface area contributed by atoms with Gasteiger partial charge in [-0.2, -0.15) is 15.0 Å². The van der Waals surface area contributed by atoms with E-state index in [1.54, 1.807) is 4.80 Å². The van der Waals surface area contributed by atoms with Crippen molar-refractivity contribution >= 4 is 12.2 Å². The van der Waals surface area contributed by atoms with Crippen LogP contribution in [-0.4, -0.2) is 15.0 Å². The maximum Gasteiger partial charge on any atom is 0.112 e. The fourth-order valence-corrected chi connectivity index (χ4v) is 1.13. The lowest BCUT2D eigenvalue weighted by Crippen LogP contribution is -2.04. The smallest absolute Gasteiger partial charge is 0.112 e. The standard InChI is InChI=1S/C11H17N3/c1-5-7-10-11(8-6-2)13-14(12-10)9(3)4/h5-9H,1-4H3/b7-5-,8-6-. The van der Waals surface area contributed by atoms with Crippen LogP contribution in [0.2, 0.25) is 0 Å². The number of allylic oxidation sites excluding steroid dienone is 2. The molecule has 0 radical (unpaired) electrons. The van der Waals surface area contributed by atoms with Crippen molar-refractivity contribution in [3.63, 3.8) is 0 Å². The molecular weight excluding hydrogens is 174 g/mol. The van der Waals surface area contributed by atoms with E-state index in [2.05, 4.69) is 24.0 Å². The minimum atomic E-state index is 0.304. The lowest BCUT2D eigenvalue weighted by atomic mass is 10.3. The van der Waals surface area contributed by atoms with Gasteiger partial charge in [-0.15, -0.1) is 0 Å². The molecule has 0 spiro atoms. The highest BCUT2D eigenvalue weighted by Gasteiger charge is 2.07. The predicted molar refractivity (Wildman–Crippen MR) is 59.8 cm³/mol. The first-order valence-electron chi connectivity index (χ1n) is 4.91. The first-order chi connectivity index (χ1) is 6.69. The van der Waals surface area contributed by atoms with Crippen molar-refractivity contribution in [3.05, 3.63) is 23.5 Å². The summed E-state index contributed by atoms with van der Waals surface area (Å²) in [5, 5.41) is 8.77. The van der Waals surface area contributed by atoms with Crippen molar-refractivity contribution in [1.29, 1.82) is 0 Å². The first kappa shape index (κ1) is 10.7. The number of hydrogen-bond acceptors (Lipinski definition) is 2. The van der Waals surface area contributed by atoms with Crippen LogP contribution < -0.4 is 0 Å². The van der Waals surface area contributed by atoms with Crippen LogP contribution in [0.25, 0.3) is 12.2 Å². The minimum Gasteiger partial charge on any atom is -0.181 e. The van der Waals surface area contributed by atoms with Gasteiger partial charge < -0.3 is 0 Å². The van der Waals surface area contributed by atoms with Gasteiger partial charge in [-0.3, -0.25) is 0 Å². The molecule has 0 saturated carbocycles. The molecule has 0 unspecified atom stereocenters. The second-order valence-corrected chi connectivity index (χ2v) is 3.38. The summed E-state index contributed by atoms with van der Waals surface area (Å²) in [4.78, 5) is 1.74. The van der Waals surface area contributed by atoms with Crippen LogP contribution in [0.5, 0.6) is 0 Å². The van der Waals surface area contributed by atoms with Gasteiger partial charge in [0.2, 0.25) is 0 Å². The quantitative estimate of drug-likeness (QED) is 0.735. The van der Waals surface area contributed by atoms with Crippen LogP contribution >= 0.6 is 0 Å². The summed E-state index contributed by atoms with van der Waals surface area (Å²) in [7, 11) is 0. The van der Waals surface area contributed by atoms with Crippen LogP contribution in [0.4, 0.5) is 0 Å². The molecule has 0 N–H and O–H groups in total. The number of rotatable bonds is 3. The summed E-state index contributed by atoms with van der Waals surface area (Å²) < 4.78 is 0. The zero-order valence-corrected chi connectivity index (χ0v) is 9.23. The number of hydrogen-bond donors (Lipinski definition) is 0. The summed E-state index contributed by atoms with van der Waals surface area (Å²) >= 11 is 0. The Balaban J connectivity index is 3.11. The van der Waals surface area contributed by atoms with Gasteiger partial charge in [0.25, 0.3) is 0 Å². The van der Waals surface area contributed by atoms with Crippen LogP contribution in [-0.2, 0) is 0 Å². The van der Waals surface area contributed by atoms with E-state index in [0.717, 1.165) is 11.4 Å². The molecule has 0 aromatic carbocycles. The van der Waals surface area contributed by atoms with Gasteiger partial charge in [0, 0.05) is 0 Å². The largest absolute Gasteiger partial charge is 0.181 e. The molecule has 0 bridgehead atoms. The third-order valence-corrected chi connectivity index (χ3v) is 1.79. The normalized spacial score (nSPS) is 12.4. The summed E-state index contributed by atoms with van der Waals surface area (Å²) in [6.07, 6.45) is 7.89. The highest BCUT2D eigenvalue weighted by Crippen LogP contribution is 2.10. The molecule has 3 heteroatoms. The summed E-state index contributed by atoms with van der Waals surface area (Å²) in [5.41, 5.74) is 1.86. The average Bonchev–Trinajstić information content (AvgIpc) is 2.50. The third-order valence-electron chi connectivity index (χ3n) is 1.79. The summed E-state index contributed by atoms with van der Waals surface area (Å²) in [5.74, 6) is 0. The van der Waals surface area contributed by atoms with Gasteiger partial charge in [-0.05, 0) is 39.8 Å². The van der Waals surface area contributed by atoms with E-state index in [4.69, 9.17) is 0 Å². The van der Waals surface area contributed by atoms with Crippen LogP contribution in [0.1, 0.15) is 45.1 Å². The van der Waals surface area contributed by atoms with Gasteiger partial charge in [0.1, 0.15) is 11.4 Å². The highest BCUT2D eigenvalue weighted by atomic mass is 15.5. The Morgan fingerprint density at radius 3 is 1.71 bits per heavy atom. The molecular formula is C11H17N3. The molecule has 1 aromatic rings. The van der Waals surface area contributed by atoms with Gasteiger partial charge in [-0.25, -0.2) is 0 Å². The fourth-order valence-electron chi connectivity index (χ4n) is 1.13. The molecule has 76 valence electrons. The molecule has 0 aliphatic carbocycles. The van der Waals surface area contributed by atoms with Crippen molar-refractivity contribution in [2.75, 3.05) is 0 Å². The second kappa shape index (κ2) is 4.74. The van der Waals surface area contributed by atoms with Crippen molar-refractivity contribution < 1.29 is 0 Å². The van der Waals surface area contributed by atoms with Gasteiger partial charge in [0.05, 0.1) is 6.04 Å². The fraction of sp³-hybridized carbons (Fsp3) is 0.455. The first-order valence-corrected chi connectivity index (χ1v) is 4.91. The second-order valence-electron chi connectivity index (χ2n) is 3.38. The molecule has 0 aliphatic heterocycles. The zero-order valence-electron chi connectivity index (χ0n) is 9.23. The van der Waals surface area contributed by atoms with E-state index in [0.29, 0.717) is 6.04 Å². The maximum absolute atomic E-state index is 4.39. The SMILES string of the molecule is C/C=C\c1nn(C(C)C)nc1/C=C\C. The van der Waals surface area contributed by atoms with Crippen molar-refractivity contribution in [1.82, 2.24) is 15.0 Å². The lowest BCUT2D eigenvalue weighted by molar-refractivity contribution is 0.465. The highest BCUT2D eigenvalue weighted by molar-refractivity contribution is 5.58.